The number of nitrogens with two attached hydrogens (primary N) is 1. The minimum Gasteiger partial charge on any atom is -0.497 e. The highest BCUT2D eigenvalue weighted by atomic mass is 16.5. The van der Waals surface area contributed by atoms with Crippen LogP contribution in [0.1, 0.15) is 52.0 Å². The predicted molar refractivity (Wildman–Crippen MR) is 126 cm³/mol. The fourth-order valence-corrected chi connectivity index (χ4v) is 4.35. The average Bonchev–Trinajstić information content (AvgIpc) is 3.52. The third-order valence-electron chi connectivity index (χ3n) is 6.16. The zero-order valence-electron chi connectivity index (χ0n) is 20.3. The number of ether oxygens (including phenoxy) is 1. The van der Waals surface area contributed by atoms with Crippen LogP contribution in [0.5, 0.6) is 5.75 Å². The van der Waals surface area contributed by atoms with E-state index in [1.165, 1.54) is 0 Å². The van der Waals surface area contributed by atoms with Crippen molar-refractivity contribution < 1.29 is 19.1 Å². The Morgan fingerprint density at radius 3 is 2.58 bits per heavy atom. The van der Waals surface area contributed by atoms with Crippen LogP contribution in [0.15, 0.2) is 24.3 Å². The van der Waals surface area contributed by atoms with Crippen LogP contribution in [0.4, 0.5) is 0 Å². The normalized spacial score (nSPS) is 20.5. The van der Waals surface area contributed by atoms with Crippen molar-refractivity contribution in [3.05, 3.63) is 29.8 Å². The van der Waals surface area contributed by atoms with Gasteiger partial charge in [0.15, 0.2) is 0 Å². The SMILES string of the molecule is COc1cccc(CN(C(=O)CC(C)(C)C)C2CC(C(=O)NCCN)N(C(=O)C3CC3)C2)c1. The first-order valence-electron chi connectivity index (χ1n) is 11.8. The van der Waals surface area contributed by atoms with Crippen LogP contribution in [0.2, 0.25) is 0 Å². The molecule has 1 aromatic carbocycles. The van der Waals surface area contributed by atoms with Gasteiger partial charge in [-0.15, -0.1) is 0 Å². The number of hydrogen-bond acceptors (Lipinski definition) is 5. The molecule has 1 saturated carbocycles. The number of carbonyl (C=O) groups is 3. The summed E-state index contributed by atoms with van der Waals surface area (Å²) in [6.07, 6.45) is 2.55. The van der Waals surface area contributed by atoms with Crippen molar-refractivity contribution in [3.63, 3.8) is 0 Å². The number of amides is 3. The summed E-state index contributed by atoms with van der Waals surface area (Å²) in [4.78, 5) is 42.9. The molecule has 2 aliphatic rings. The molecule has 3 amide bonds. The van der Waals surface area contributed by atoms with Crippen LogP contribution in [0.25, 0.3) is 0 Å². The summed E-state index contributed by atoms with van der Waals surface area (Å²) in [6, 6.07) is 6.85. The Balaban J connectivity index is 1.86. The lowest BCUT2D eigenvalue weighted by Crippen LogP contribution is -2.47. The summed E-state index contributed by atoms with van der Waals surface area (Å²) < 4.78 is 5.35. The molecule has 0 spiro atoms. The van der Waals surface area contributed by atoms with Gasteiger partial charge in [-0.05, 0) is 42.4 Å². The number of likely N-dealkylation sites (tertiary alicyclic amines) is 1. The van der Waals surface area contributed by atoms with Gasteiger partial charge in [0, 0.05) is 38.5 Å². The van der Waals surface area contributed by atoms with Crippen LogP contribution in [-0.4, -0.2) is 66.3 Å². The van der Waals surface area contributed by atoms with Crippen molar-refractivity contribution in [2.45, 2.75) is 65.1 Å². The minimum atomic E-state index is -0.579. The number of carbonyl (C=O) groups excluding carboxylic acids is 3. The highest BCUT2D eigenvalue weighted by molar-refractivity contribution is 5.90. The van der Waals surface area contributed by atoms with E-state index in [4.69, 9.17) is 10.5 Å². The van der Waals surface area contributed by atoms with Gasteiger partial charge in [0.1, 0.15) is 11.8 Å². The molecule has 182 valence electrons. The summed E-state index contributed by atoms with van der Waals surface area (Å²) in [5.74, 6) is 0.589. The van der Waals surface area contributed by atoms with E-state index in [1.54, 1.807) is 12.0 Å². The monoisotopic (exact) mass is 458 g/mol. The van der Waals surface area contributed by atoms with Gasteiger partial charge < -0.3 is 25.6 Å². The van der Waals surface area contributed by atoms with Gasteiger partial charge in [0.05, 0.1) is 13.2 Å². The second-order valence-electron chi connectivity index (χ2n) is 10.4. The van der Waals surface area contributed by atoms with E-state index in [1.807, 2.05) is 49.9 Å². The van der Waals surface area contributed by atoms with Crippen LogP contribution >= 0.6 is 0 Å². The molecular formula is C25H38N4O4. The molecule has 1 heterocycles. The van der Waals surface area contributed by atoms with E-state index in [9.17, 15) is 14.4 Å². The molecule has 0 radical (unpaired) electrons. The highest BCUT2D eigenvalue weighted by Gasteiger charge is 2.46. The van der Waals surface area contributed by atoms with Crippen molar-refractivity contribution in [1.29, 1.82) is 0 Å². The standard InChI is InChI=1S/C25H38N4O4/c1-25(2,3)14-22(30)28(15-17-6-5-7-20(12-17)33-4)19-13-21(23(31)27-11-10-26)29(16-19)24(32)18-8-9-18/h5-7,12,18-19,21H,8-11,13-16,26H2,1-4H3,(H,27,31). The van der Waals surface area contributed by atoms with Gasteiger partial charge in [-0.1, -0.05) is 32.9 Å². The summed E-state index contributed by atoms with van der Waals surface area (Å²) in [7, 11) is 1.62. The zero-order valence-corrected chi connectivity index (χ0v) is 20.3. The van der Waals surface area contributed by atoms with E-state index >= 15 is 0 Å². The van der Waals surface area contributed by atoms with Crippen LogP contribution in [-0.2, 0) is 20.9 Å². The third-order valence-corrected chi connectivity index (χ3v) is 6.16. The first-order chi connectivity index (χ1) is 15.6. The van der Waals surface area contributed by atoms with E-state index in [2.05, 4.69) is 5.32 Å². The summed E-state index contributed by atoms with van der Waals surface area (Å²) >= 11 is 0. The topological polar surface area (TPSA) is 105 Å². The van der Waals surface area contributed by atoms with Gasteiger partial charge in [0.2, 0.25) is 17.7 Å². The van der Waals surface area contributed by atoms with E-state index in [0.29, 0.717) is 39.0 Å². The number of nitrogens with zero attached hydrogens (tertiary/aromatic N) is 2. The Labute approximate surface area is 196 Å². The molecule has 0 bridgehead atoms. The van der Waals surface area contributed by atoms with Crippen LogP contribution in [0, 0.1) is 11.3 Å². The molecular weight excluding hydrogens is 420 g/mol. The Morgan fingerprint density at radius 1 is 1.24 bits per heavy atom. The second-order valence-corrected chi connectivity index (χ2v) is 10.4. The number of nitrogens with one attached hydrogen (secondary N) is 1. The Morgan fingerprint density at radius 2 is 1.97 bits per heavy atom. The van der Waals surface area contributed by atoms with E-state index in [-0.39, 0.29) is 35.1 Å². The minimum absolute atomic E-state index is 0.00525. The summed E-state index contributed by atoms with van der Waals surface area (Å²) in [6.45, 7) is 7.58. The number of methoxy groups -OCH3 is 1. The van der Waals surface area contributed by atoms with Crippen molar-refractivity contribution >= 4 is 17.7 Å². The van der Waals surface area contributed by atoms with Crippen molar-refractivity contribution in [1.82, 2.24) is 15.1 Å². The molecule has 1 aromatic rings. The number of benzene rings is 1. The average molecular weight is 459 g/mol. The lowest BCUT2D eigenvalue weighted by molar-refractivity contribution is -0.140. The second kappa shape index (κ2) is 10.5. The van der Waals surface area contributed by atoms with E-state index < -0.39 is 6.04 Å². The van der Waals surface area contributed by atoms with Crippen LogP contribution < -0.4 is 15.8 Å². The fourth-order valence-electron chi connectivity index (χ4n) is 4.35. The summed E-state index contributed by atoms with van der Waals surface area (Å²) in [5.41, 5.74) is 6.33. The smallest absolute Gasteiger partial charge is 0.242 e. The Kier molecular flexibility index (Phi) is 8.00. The molecule has 1 saturated heterocycles. The molecule has 8 nitrogen and oxygen atoms in total. The molecule has 3 N–H and O–H groups in total. The summed E-state index contributed by atoms with van der Waals surface area (Å²) in [5, 5.41) is 2.83. The molecule has 0 aromatic heterocycles. The Bertz CT molecular complexity index is 862. The zero-order chi connectivity index (χ0) is 24.2. The molecule has 8 heteroatoms. The lowest BCUT2D eigenvalue weighted by Gasteiger charge is -2.32. The van der Waals surface area contributed by atoms with Gasteiger partial charge >= 0.3 is 0 Å². The number of hydrogen-bond donors (Lipinski definition) is 2. The van der Waals surface area contributed by atoms with E-state index in [0.717, 1.165) is 24.2 Å². The van der Waals surface area contributed by atoms with Crippen LogP contribution in [0.3, 0.4) is 0 Å². The molecule has 1 aliphatic carbocycles. The number of rotatable bonds is 9. The maximum atomic E-state index is 13.5. The third kappa shape index (κ3) is 6.69. The van der Waals surface area contributed by atoms with Gasteiger partial charge in [-0.3, -0.25) is 14.4 Å². The first kappa shape index (κ1) is 25.0. The predicted octanol–water partition coefficient (Wildman–Crippen LogP) is 1.91. The van der Waals surface area contributed by atoms with Crippen molar-refractivity contribution in [2.75, 3.05) is 26.7 Å². The first-order valence-corrected chi connectivity index (χ1v) is 11.8. The highest BCUT2D eigenvalue weighted by Crippen LogP contribution is 2.35. The molecule has 2 unspecified atom stereocenters. The van der Waals surface area contributed by atoms with Crippen molar-refractivity contribution in [3.8, 4) is 5.75 Å². The lowest BCUT2D eigenvalue weighted by atomic mass is 9.91. The Hall–Kier alpha value is -2.61. The maximum Gasteiger partial charge on any atom is 0.242 e. The van der Waals surface area contributed by atoms with Gasteiger partial charge in [-0.25, -0.2) is 0 Å². The van der Waals surface area contributed by atoms with Gasteiger partial charge in [-0.2, -0.15) is 0 Å². The molecule has 33 heavy (non-hydrogen) atoms. The van der Waals surface area contributed by atoms with Crippen molar-refractivity contribution in [2.24, 2.45) is 17.1 Å². The molecule has 1 aliphatic heterocycles. The fraction of sp³-hybridized carbons (Fsp3) is 0.640. The largest absolute Gasteiger partial charge is 0.497 e. The molecule has 2 fully saturated rings. The molecule has 2 atom stereocenters. The maximum absolute atomic E-state index is 13.5. The van der Waals surface area contributed by atoms with Gasteiger partial charge in [0.25, 0.3) is 0 Å². The molecule has 3 rings (SSSR count). The quantitative estimate of drug-likeness (QED) is 0.588.